The van der Waals surface area contributed by atoms with Crippen LogP contribution in [-0.2, 0) is 4.79 Å². The molecular formula is C13H16N4OS2. The van der Waals surface area contributed by atoms with Gasteiger partial charge in [0.15, 0.2) is 4.34 Å². The molecule has 20 heavy (non-hydrogen) atoms. The van der Waals surface area contributed by atoms with Gasteiger partial charge in [-0.3, -0.25) is 4.79 Å². The molecule has 0 aliphatic rings. The van der Waals surface area contributed by atoms with Crippen molar-refractivity contribution in [1.82, 2.24) is 15.2 Å². The molecule has 0 aliphatic heterocycles. The molecule has 0 aromatic carbocycles. The van der Waals surface area contributed by atoms with Gasteiger partial charge in [0.05, 0.1) is 5.25 Å². The average molecular weight is 308 g/mol. The van der Waals surface area contributed by atoms with Crippen LogP contribution in [0.25, 0.3) is 0 Å². The summed E-state index contributed by atoms with van der Waals surface area (Å²) < 4.78 is 0.821. The molecule has 0 fully saturated rings. The van der Waals surface area contributed by atoms with Gasteiger partial charge in [0.2, 0.25) is 5.91 Å². The smallest absolute Gasteiger partial charge is 0.239 e. The van der Waals surface area contributed by atoms with Crippen LogP contribution in [0.4, 0.5) is 5.82 Å². The zero-order valence-corrected chi connectivity index (χ0v) is 13.2. The SMILES string of the molecule is CCC(Sc1nnc(C)s1)C(=O)Nc1cccc(C)n1. The number of nitrogens with zero attached hydrogens (tertiary/aromatic N) is 3. The number of anilines is 1. The summed E-state index contributed by atoms with van der Waals surface area (Å²) in [5, 5.41) is 11.6. The molecule has 2 rings (SSSR count). The first kappa shape index (κ1) is 14.9. The Kier molecular flexibility index (Phi) is 5.08. The zero-order chi connectivity index (χ0) is 14.5. The van der Waals surface area contributed by atoms with Crippen LogP contribution >= 0.6 is 23.1 Å². The summed E-state index contributed by atoms with van der Waals surface area (Å²) in [7, 11) is 0. The van der Waals surface area contributed by atoms with E-state index in [0.29, 0.717) is 5.82 Å². The first-order chi connectivity index (χ1) is 9.58. The summed E-state index contributed by atoms with van der Waals surface area (Å²) in [6.45, 7) is 5.78. The zero-order valence-electron chi connectivity index (χ0n) is 11.6. The van der Waals surface area contributed by atoms with Crippen molar-refractivity contribution in [3.8, 4) is 0 Å². The van der Waals surface area contributed by atoms with Gasteiger partial charge in [0.1, 0.15) is 10.8 Å². The van der Waals surface area contributed by atoms with E-state index in [1.54, 1.807) is 6.07 Å². The Hall–Kier alpha value is -1.47. The van der Waals surface area contributed by atoms with Gasteiger partial charge in [-0.1, -0.05) is 36.1 Å². The third-order valence-corrected chi connectivity index (χ3v) is 4.84. The first-order valence-corrected chi connectivity index (χ1v) is 7.99. The fourth-order valence-corrected chi connectivity index (χ4v) is 3.57. The Labute approximate surface area is 126 Å². The second kappa shape index (κ2) is 6.81. The molecule has 0 bridgehead atoms. The van der Waals surface area contributed by atoms with Crippen LogP contribution in [-0.4, -0.2) is 26.3 Å². The molecule has 0 radical (unpaired) electrons. The Bertz CT molecular complexity index is 600. The normalized spacial score (nSPS) is 12.2. The molecule has 2 aromatic rings. The molecule has 2 heterocycles. The molecule has 0 aliphatic carbocycles. The minimum absolute atomic E-state index is 0.0524. The highest BCUT2D eigenvalue weighted by molar-refractivity contribution is 8.02. The van der Waals surface area contributed by atoms with Crippen LogP contribution < -0.4 is 5.32 Å². The van der Waals surface area contributed by atoms with Crippen LogP contribution in [0.2, 0.25) is 0 Å². The van der Waals surface area contributed by atoms with Gasteiger partial charge in [0.25, 0.3) is 0 Å². The fraction of sp³-hybridized carbons (Fsp3) is 0.385. The van der Waals surface area contributed by atoms with Crippen LogP contribution in [0.5, 0.6) is 0 Å². The van der Waals surface area contributed by atoms with Crippen molar-refractivity contribution in [3.63, 3.8) is 0 Å². The molecule has 2 aromatic heterocycles. The van der Waals surface area contributed by atoms with E-state index in [2.05, 4.69) is 20.5 Å². The molecule has 1 N–H and O–H groups in total. The number of thioether (sulfide) groups is 1. The van der Waals surface area contributed by atoms with Crippen molar-refractivity contribution in [2.24, 2.45) is 0 Å². The van der Waals surface area contributed by atoms with Crippen LogP contribution in [0, 0.1) is 13.8 Å². The largest absolute Gasteiger partial charge is 0.310 e. The van der Waals surface area contributed by atoms with Gasteiger partial charge in [-0.25, -0.2) is 4.98 Å². The molecule has 0 spiro atoms. The van der Waals surface area contributed by atoms with Gasteiger partial charge >= 0.3 is 0 Å². The number of hydrogen-bond acceptors (Lipinski definition) is 6. The van der Waals surface area contributed by atoms with Crippen LogP contribution in [0.1, 0.15) is 24.0 Å². The van der Waals surface area contributed by atoms with Crippen molar-refractivity contribution < 1.29 is 4.79 Å². The van der Waals surface area contributed by atoms with Gasteiger partial charge in [0, 0.05) is 5.69 Å². The molecule has 5 nitrogen and oxygen atoms in total. The van der Waals surface area contributed by atoms with Crippen molar-refractivity contribution in [1.29, 1.82) is 0 Å². The maximum atomic E-state index is 12.3. The fourth-order valence-electron chi connectivity index (χ4n) is 1.59. The standard InChI is InChI=1S/C13H16N4OS2/c1-4-10(20-13-17-16-9(3)19-13)12(18)15-11-7-5-6-8(2)14-11/h5-7,10H,4H2,1-3H3,(H,14,15,18). The van der Waals surface area contributed by atoms with Gasteiger partial charge in [-0.15, -0.1) is 10.2 Å². The lowest BCUT2D eigenvalue weighted by Crippen LogP contribution is -2.25. The Balaban J connectivity index is 2.02. The number of pyridine rings is 1. The Morgan fingerprint density at radius 1 is 1.40 bits per heavy atom. The van der Waals surface area contributed by atoms with Gasteiger partial charge in [-0.2, -0.15) is 0 Å². The minimum atomic E-state index is -0.190. The van der Waals surface area contributed by atoms with Crippen molar-refractivity contribution in [3.05, 3.63) is 28.9 Å². The number of aromatic nitrogens is 3. The highest BCUT2D eigenvalue weighted by atomic mass is 32.2. The lowest BCUT2D eigenvalue weighted by molar-refractivity contribution is -0.115. The van der Waals surface area contributed by atoms with E-state index >= 15 is 0 Å². The summed E-state index contributed by atoms with van der Waals surface area (Å²) in [5.74, 6) is 0.533. The van der Waals surface area contributed by atoms with E-state index in [0.717, 1.165) is 21.5 Å². The highest BCUT2D eigenvalue weighted by Gasteiger charge is 2.20. The third-order valence-electron chi connectivity index (χ3n) is 2.55. The quantitative estimate of drug-likeness (QED) is 0.860. The van der Waals surface area contributed by atoms with E-state index in [-0.39, 0.29) is 11.2 Å². The van der Waals surface area contributed by atoms with E-state index in [1.807, 2.05) is 32.9 Å². The predicted octanol–water partition coefficient (Wildman–Crippen LogP) is 3.06. The number of rotatable bonds is 5. The lowest BCUT2D eigenvalue weighted by Gasteiger charge is -2.12. The summed E-state index contributed by atoms with van der Waals surface area (Å²) in [6.07, 6.45) is 0.723. The summed E-state index contributed by atoms with van der Waals surface area (Å²) >= 11 is 2.95. The summed E-state index contributed by atoms with van der Waals surface area (Å²) in [6, 6.07) is 5.56. The van der Waals surface area contributed by atoms with E-state index in [9.17, 15) is 4.79 Å². The van der Waals surface area contributed by atoms with Gasteiger partial charge < -0.3 is 5.32 Å². The summed E-state index contributed by atoms with van der Waals surface area (Å²) in [4.78, 5) is 16.5. The number of carbonyl (C=O) groups is 1. The Morgan fingerprint density at radius 2 is 2.20 bits per heavy atom. The van der Waals surface area contributed by atoms with Crippen molar-refractivity contribution in [2.45, 2.75) is 36.8 Å². The number of aryl methyl sites for hydroxylation is 2. The molecule has 1 amide bonds. The van der Waals surface area contributed by atoms with E-state index in [1.165, 1.54) is 23.1 Å². The van der Waals surface area contributed by atoms with Crippen LogP contribution in [0.3, 0.4) is 0 Å². The predicted molar refractivity (Wildman–Crippen MR) is 82.2 cm³/mol. The van der Waals surface area contributed by atoms with Crippen molar-refractivity contribution >= 4 is 34.8 Å². The minimum Gasteiger partial charge on any atom is -0.310 e. The third kappa shape index (κ3) is 4.01. The summed E-state index contributed by atoms with van der Waals surface area (Å²) in [5.41, 5.74) is 0.878. The first-order valence-electron chi connectivity index (χ1n) is 6.29. The van der Waals surface area contributed by atoms with E-state index in [4.69, 9.17) is 0 Å². The highest BCUT2D eigenvalue weighted by Crippen LogP contribution is 2.28. The van der Waals surface area contributed by atoms with Gasteiger partial charge in [-0.05, 0) is 32.4 Å². The second-order valence-corrected chi connectivity index (χ2v) is 6.89. The monoisotopic (exact) mass is 308 g/mol. The number of amides is 1. The number of carbonyl (C=O) groups excluding carboxylic acids is 1. The lowest BCUT2D eigenvalue weighted by atomic mass is 10.3. The topological polar surface area (TPSA) is 67.8 Å². The molecule has 106 valence electrons. The number of nitrogens with one attached hydrogen (secondary N) is 1. The second-order valence-electron chi connectivity index (χ2n) is 4.26. The molecular weight excluding hydrogens is 292 g/mol. The maximum absolute atomic E-state index is 12.3. The Morgan fingerprint density at radius 3 is 2.80 bits per heavy atom. The van der Waals surface area contributed by atoms with Crippen molar-refractivity contribution in [2.75, 3.05) is 5.32 Å². The molecule has 1 unspecified atom stereocenters. The number of hydrogen-bond donors (Lipinski definition) is 1. The van der Waals surface area contributed by atoms with Crippen LogP contribution in [0.15, 0.2) is 22.5 Å². The maximum Gasteiger partial charge on any atom is 0.239 e. The molecule has 1 atom stereocenters. The molecule has 0 saturated carbocycles. The van der Waals surface area contributed by atoms with E-state index < -0.39 is 0 Å². The average Bonchev–Trinajstić information content (AvgIpc) is 2.81. The molecule has 0 saturated heterocycles. The molecule has 7 heteroatoms.